The van der Waals surface area contributed by atoms with E-state index in [2.05, 4.69) is 4.90 Å². The summed E-state index contributed by atoms with van der Waals surface area (Å²) < 4.78 is 25.4. The summed E-state index contributed by atoms with van der Waals surface area (Å²) in [7, 11) is 0.101. The standard InChI is InChI=1S/C27H25N3O4S/c1-29(2)13-6-14-30-25-20-9-3-4-10-21(20)26(31)24(25)23-16-18(11-12-22(23)27(30)32)17-7-5-8-19(15-17)35(28,33)34/h3-5,7-12,15-16H,6,13-14H2,1-2H3,(H2,28,33,34). The van der Waals surface area contributed by atoms with E-state index in [1.807, 2.05) is 32.3 Å². The van der Waals surface area contributed by atoms with Gasteiger partial charge in [0.25, 0.3) is 5.56 Å². The Balaban J connectivity index is 1.76. The van der Waals surface area contributed by atoms with Crippen LogP contribution in [0.1, 0.15) is 22.3 Å². The lowest BCUT2D eigenvalue weighted by Gasteiger charge is -2.17. The molecule has 2 N–H and O–H groups in total. The molecule has 0 amide bonds. The van der Waals surface area contributed by atoms with Gasteiger partial charge in [-0.15, -0.1) is 0 Å². The molecule has 3 aromatic carbocycles. The van der Waals surface area contributed by atoms with Crippen LogP contribution in [-0.4, -0.2) is 44.3 Å². The van der Waals surface area contributed by atoms with Crippen LogP contribution in [0.3, 0.4) is 0 Å². The molecule has 178 valence electrons. The smallest absolute Gasteiger partial charge is 0.258 e. The van der Waals surface area contributed by atoms with Crippen molar-refractivity contribution >= 4 is 26.6 Å². The zero-order valence-corrected chi connectivity index (χ0v) is 20.3. The number of rotatable bonds is 6. The number of aromatic nitrogens is 1. The number of nitrogens with zero attached hydrogens (tertiary/aromatic N) is 2. The van der Waals surface area contributed by atoms with Gasteiger partial charge in [0.15, 0.2) is 5.78 Å². The van der Waals surface area contributed by atoms with Crippen molar-refractivity contribution in [2.45, 2.75) is 17.9 Å². The van der Waals surface area contributed by atoms with Crippen LogP contribution in [0.5, 0.6) is 0 Å². The average Bonchev–Trinajstić information content (AvgIpc) is 3.13. The molecule has 0 aliphatic heterocycles. The number of nitrogens with two attached hydrogens (primary N) is 1. The highest BCUT2D eigenvalue weighted by atomic mass is 32.2. The first-order chi connectivity index (χ1) is 16.7. The number of benzene rings is 3. The fraction of sp³-hybridized carbons (Fsp3) is 0.185. The molecule has 35 heavy (non-hydrogen) atoms. The van der Waals surface area contributed by atoms with E-state index in [0.29, 0.717) is 45.3 Å². The van der Waals surface area contributed by atoms with Crippen LogP contribution < -0.4 is 10.7 Å². The average molecular weight is 488 g/mol. The van der Waals surface area contributed by atoms with Crippen molar-refractivity contribution in [3.63, 3.8) is 0 Å². The van der Waals surface area contributed by atoms with E-state index in [-0.39, 0.29) is 16.2 Å². The van der Waals surface area contributed by atoms with Crippen LogP contribution in [0.2, 0.25) is 0 Å². The SMILES string of the molecule is CN(C)CCCn1c2c(c3cc(-c4cccc(S(N)(=O)=O)c4)ccc3c1=O)C(=O)c1ccccc1-2. The third-order valence-corrected chi connectivity index (χ3v) is 7.32. The first-order valence-corrected chi connectivity index (χ1v) is 12.8. The van der Waals surface area contributed by atoms with E-state index in [9.17, 15) is 18.0 Å². The predicted molar refractivity (Wildman–Crippen MR) is 137 cm³/mol. The van der Waals surface area contributed by atoms with Gasteiger partial charge in [0.05, 0.1) is 16.2 Å². The second-order valence-corrected chi connectivity index (χ2v) is 10.6. The number of ketones is 1. The maximum absolute atomic E-state index is 13.7. The van der Waals surface area contributed by atoms with Gasteiger partial charge in [-0.3, -0.25) is 9.59 Å². The molecular formula is C27H25N3O4S. The van der Waals surface area contributed by atoms with Gasteiger partial charge in [-0.25, -0.2) is 13.6 Å². The minimum absolute atomic E-state index is 0.000108. The zero-order valence-electron chi connectivity index (χ0n) is 19.5. The fourth-order valence-electron chi connectivity index (χ4n) is 4.77. The lowest BCUT2D eigenvalue weighted by Crippen LogP contribution is -2.25. The first-order valence-electron chi connectivity index (χ1n) is 11.3. The van der Waals surface area contributed by atoms with Crippen LogP contribution in [0.25, 0.3) is 33.2 Å². The fourth-order valence-corrected chi connectivity index (χ4v) is 5.33. The van der Waals surface area contributed by atoms with Gasteiger partial charge < -0.3 is 9.47 Å². The minimum Gasteiger partial charge on any atom is -0.309 e. The summed E-state index contributed by atoms with van der Waals surface area (Å²) in [6, 6.07) is 19.0. The van der Waals surface area contributed by atoms with Crippen molar-refractivity contribution in [1.29, 1.82) is 0 Å². The van der Waals surface area contributed by atoms with Crippen molar-refractivity contribution in [2.24, 2.45) is 5.14 Å². The molecule has 0 bridgehead atoms. The highest BCUT2D eigenvalue weighted by Gasteiger charge is 2.32. The molecule has 0 fully saturated rings. The molecule has 0 unspecified atom stereocenters. The van der Waals surface area contributed by atoms with Crippen molar-refractivity contribution < 1.29 is 13.2 Å². The predicted octanol–water partition coefficient (Wildman–Crippen LogP) is 3.48. The number of pyridine rings is 1. The minimum atomic E-state index is -3.87. The monoisotopic (exact) mass is 487 g/mol. The summed E-state index contributed by atoms with van der Waals surface area (Å²) >= 11 is 0. The Kier molecular flexibility index (Phi) is 5.67. The second-order valence-electron chi connectivity index (χ2n) is 9.05. The Morgan fingerprint density at radius 3 is 2.29 bits per heavy atom. The van der Waals surface area contributed by atoms with Gasteiger partial charge in [0.1, 0.15) is 0 Å². The molecule has 0 atom stereocenters. The zero-order chi connectivity index (χ0) is 24.9. The third kappa shape index (κ3) is 3.99. The quantitative estimate of drug-likeness (QED) is 0.395. The van der Waals surface area contributed by atoms with E-state index in [1.165, 1.54) is 12.1 Å². The molecule has 0 saturated heterocycles. The van der Waals surface area contributed by atoms with Crippen molar-refractivity contribution in [1.82, 2.24) is 9.47 Å². The van der Waals surface area contributed by atoms with Gasteiger partial charge in [-0.1, -0.05) is 42.5 Å². The number of sulfonamides is 1. The lowest BCUT2D eigenvalue weighted by atomic mass is 9.97. The molecule has 1 aliphatic rings. The van der Waals surface area contributed by atoms with Crippen molar-refractivity contribution in [2.75, 3.05) is 20.6 Å². The maximum Gasteiger partial charge on any atom is 0.258 e. The number of carbonyl (C=O) groups is 1. The summed E-state index contributed by atoms with van der Waals surface area (Å²) in [5, 5.41) is 6.33. The molecule has 7 nitrogen and oxygen atoms in total. The molecule has 1 aromatic heterocycles. The Hall–Kier alpha value is -3.59. The van der Waals surface area contributed by atoms with Crippen LogP contribution in [0.4, 0.5) is 0 Å². The van der Waals surface area contributed by atoms with Crippen LogP contribution in [-0.2, 0) is 16.6 Å². The number of hydrogen-bond acceptors (Lipinski definition) is 5. The third-order valence-electron chi connectivity index (χ3n) is 6.41. The summed E-state index contributed by atoms with van der Waals surface area (Å²) in [5.74, 6) is -0.114. The van der Waals surface area contributed by atoms with Gasteiger partial charge in [0, 0.05) is 28.4 Å². The van der Waals surface area contributed by atoms with E-state index >= 15 is 0 Å². The first kappa shape index (κ1) is 23.2. The topological polar surface area (TPSA) is 102 Å². The summed E-state index contributed by atoms with van der Waals surface area (Å²) in [6.07, 6.45) is 0.764. The molecule has 0 saturated carbocycles. The van der Waals surface area contributed by atoms with Crippen molar-refractivity contribution in [3.8, 4) is 22.4 Å². The van der Waals surface area contributed by atoms with E-state index in [0.717, 1.165) is 18.5 Å². The van der Waals surface area contributed by atoms with Gasteiger partial charge in [-0.2, -0.15) is 0 Å². The lowest BCUT2D eigenvalue weighted by molar-refractivity contribution is 0.104. The Morgan fingerprint density at radius 1 is 0.857 bits per heavy atom. The van der Waals surface area contributed by atoms with Crippen molar-refractivity contribution in [3.05, 3.63) is 88.2 Å². The molecule has 4 aromatic rings. The van der Waals surface area contributed by atoms with Gasteiger partial charge in [-0.05, 0) is 62.5 Å². The summed E-state index contributed by atoms with van der Waals surface area (Å²) in [5.41, 5.74) is 3.68. The molecule has 1 heterocycles. The Labute approximate surface area is 203 Å². The van der Waals surface area contributed by atoms with Gasteiger partial charge in [0.2, 0.25) is 10.0 Å². The largest absolute Gasteiger partial charge is 0.309 e. The summed E-state index contributed by atoms with van der Waals surface area (Å²) in [6.45, 7) is 1.31. The molecule has 8 heteroatoms. The number of fused-ring (bicyclic) bond motifs is 5. The number of carbonyl (C=O) groups excluding carboxylic acids is 1. The summed E-state index contributed by atoms with van der Waals surface area (Å²) in [4.78, 5) is 29.3. The molecular weight excluding hydrogens is 462 g/mol. The highest BCUT2D eigenvalue weighted by molar-refractivity contribution is 7.89. The molecule has 0 radical (unpaired) electrons. The van der Waals surface area contributed by atoms with Gasteiger partial charge >= 0.3 is 0 Å². The second kappa shape index (κ2) is 8.57. The maximum atomic E-state index is 13.7. The van der Waals surface area contributed by atoms with Crippen LogP contribution in [0, 0.1) is 0 Å². The highest BCUT2D eigenvalue weighted by Crippen LogP contribution is 2.40. The van der Waals surface area contributed by atoms with E-state index < -0.39 is 10.0 Å². The van der Waals surface area contributed by atoms with E-state index in [4.69, 9.17) is 5.14 Å². The molecule has 0 spiro atoms. The molecule has 5 rings (SSSR count). The normalized spacial score (nSPS) is 12.9. The van der Waals surface area contributed by atoms with E-state index in [1.54, 1.807) is 41.0 Å². The number of hydrogen-bond donors (Lipinski definition) is 1. The molecule has 1 aliphatic carbocycles. The van der Waals surface area contributed by atoms with Crippen LogP contribution >= 0.6 is 0 Å². The number of primary sulfonamides is 1. The van der Waals surface area contributed by atoms with Crippen LogP contribution in [0.15, 0.2) is 76.4 Å². The Bertz CT molecular complexity index is 1670. The Morgan fingerprint density at radius 2 is 1.57 bits per heavy atom.